The van der Waals surface area contributed by atoms with Gasteiger partial charge >= 0.3 is 0 Å². The molecule has 4 aromatic carbocycles. The Morgan fingerprint density at radius 2 is 1.34 bits per heavy atom. The Morgan fingerprint density at radius 1 is 0.724 bits per heavy atom. The third-order valence-electron chi connectivity index (χ3n) is 4.59. The second-order valence-electron chi connectivity index (χ2n) is 6.17. The smallest absolute Gasteiger partial charge is 0.208 e. The van der Waals surface area contributed by atoms with Gasteiger partial charge in [0.05, 0.1) is 10.3 Å². The van der Waals surface area contributed by atoms with Crippen LogP contribution in [0.15, 0.2) is 92.1 Å². The molecule has 144 valence electrons. The van der Waals surface area contributed by atoms with Gasteiger partial charge in [-0.15, -0.1) is 10.0 Å². The molecule has 0 atom stereocenters. The minimum Gasteiger partial charge on any atom is -0.507 e. The van der Waals surface area contributed by atoms with Gasteiger partial charge in [0, 0.05) is 16.2 Å². The minimum atomic E-state index is -4.06. The lowest BCUT2D eigenvalue weighted by molar-refractivity contribution is 0.478. The van der Waals surface area contributed by atoms with Gasteiger partial charge in [-0.1, -0.05) is 42.5 Å². The van der Waals surface area contributed by atoms with Crippen molar-refractivity contribution in [2.45, 2.75) is 9.79 Å². The lowest BCUT2D eigenvalue weighted by Crippen LogP contribution is -2.02. The predicted molar refractivity (Wildman–Crippen MR) is 107 cm³/mol. The molecule has 4 rings (SSSR count). The number of fused-ring (bicyclic) bond motifs is 2. The van der Waals surface area contributed by atoms with Gasteiger partial charge in [-0.2, -0.15) is 0 Å². The van der Waals surface area contributed by atoms with Gasteiger partial charge in [0.1, 0.15) is 27.4 Å². The Kier molecular flexibility index (Phi) is 4.44. The van der Waals surface area contributed by atoms with Gasteiger partial charge < -0.3 is 10.2 Å². The van der Waals surface area contributed by atoms with Crippen molar-refractivity contribution in [1.29, 1.82) is 0 Å². The molecule has 29 heavy (non-hydrogen) atoms. The maximum atomic E-state index is 13.2. The summed E-state index contributed by atoms with van der Waals surface area (Å²) in [5.41, 5.74) is -0.287. The first-order chi connectivity index (χ1) is 14.0. The summed E-state index contributed by atoms with van der Waals surface area (Å²) >= 11 is 0. The molecule has 9 heteroatoms. The second kappa shape index (κ2) is 6.95. The molecule has 0 fully saturated rings. The van der Waals surface area contributed by atoms with Gasteiger partial charge in [-0.05, 0) is 29.5 Å². The lowest BCUT2D eigenvalue weighted by atomic mass is 9.99. The number of benzene rings is 4. The fraction of sp³-hybridized carbons (Fsp3) is 0. The van der Waals surface area contributed by atoms with E-state index in [0.717, 1.165) is 0 Å². The van der Waals surface area contributed by atoms with Crippen LogP contribution in [0.5, 0.6) is 11.5 Å². The Balaban J connectivity index is 2.18. The zero-order chi connectivity index (χ0) is 20.6. The molecule has 0 amide bonds. The molecule has 0 bridgehead atoms. The molecular weight excluding hydrogens is 394 g/mol. The number of rotatable bonds is 4. The Hall–Kier alpha value is -3.85. The van der Waals surface area contributed by atoms with E-state index in [1.807, 2.05) is 0 Å². The van der Waals surface area contributed by atoms with Crippen LogP contribution < -0.4 is 0 Å². The first kappa shape index (κ1) is 18.5. The Labute approximate surface area is 164 Å². The average Bonchev–Trinajstić information content (AvgIpc) is 2.76. The molecule has 0 saturated carbocycles. The first-order valence-electron chi connectivity index (χ1n) is 8.39. The van der Waals surface area contributed by atoms with Gasteiger partial charge in [-0.3, -0.25) is 0 Å². The fourth-order valence-corrected chi connectivity index (χ4v) is 4.70. The molecule has 0 aromatic heterocycles. The van der Waals surface area contributed by atoms with E-state index in [0.29, 0.717) is 10.8 Å². The van der Waals surface area contributed by atoms with Gasteiger partial charge in [0.15, 0.2) is 0 Å². The number of hydrogen-bond acceptors (Lipinski definition) is 6. The lowest BCUT2D eigenvalue weighted by Gasteiger charge is -2.14. The third-order valence-corrected chi connectivity index (χ3v) is 6.40. The van der Waals surface area contributed by atoms with Gasteiger partial charge in [0.2, 0.25) is 9.84 Å². The zero-order valence-electron chi connectivity index (χ0n) is 14.7. The van der Waals surface area contributed by atoms with Gasteiger partial charge in [-0.25, -0.2) is 8.42 Å². The summed E-state index contributed by atoms with van der Waals surface area (Å²) < 4.78 is 26.3. The van der Waals surface area contributed by atoms with Crippen molar-refractivity contribution in [3.05, 3.63) is 71.6 Å². The van der Waals surface area contributed by atoms with Gasteiger partial charge in [0.25, 0.3) is 0 Å². The molecule has 0 aliphatic rings. The minimum absolute atomic E-state index is 0.000590. The summed E-state index contributed by atoms with van der Waals surface area (Å²) in [6.07, 6.45) is 0. The van der Waals surface area contributed by atoms with Crippen molar-refractivity contribution in [3.63, 3.8) is 0 Å². The highest BCUT2D eigenvalue weighted by Crippen LogP contribution is 2.48. The second-order valence-corrected chi connectivity index (χ2v) is 8.08. The van der Waals surface area contributed by atoms with E-state index >= 15 is 0 Å². The van der Waals surface area contributed by atoms with Crippen LogP contribution in [0, 0.1) is 4.91 Å². The van der Waals surface area contributed by atoms with Crippen molar-refractivity contribution in [2.24, 2.45) is 15.6 Å². The van der Waals surface area contributed by atoms with E-state index < -0.39 is 9.84 Å². The maximum absolute atomic E-state index is 13.2. The Bertz CT molecular complexity index is 1400. The Morgan fingerprint density at radius 3 is 2.00 bits per heavy atom. The standard InChI is InChI=1S/C20H13N3O5S/c24-19-13-8-4-5-9-14(13)20(25)17-15(19)10-11-16(18(17)21-22-23-26)29(27,28)12-6-2-1-3-7-12/h1-11,24-25H. The van der Waals surface area contributed by atoms with Crippen LogP contribution >= 0.6 is 0 Å². The van der Waals surface area contributed by atoms with Crippen molar-refractivity contribution < 1.29 is 18.6 Å². The summed E-state index contributed by atoms with van der Waals surface area (Å²) in [6, 6.07) is 16.8. The van der Waals surface area contributed by atoms with Crippen LogP contribution in [-0.2, 0) is 9.84 Å². The summed E-state index contributed by atoms with van der Waals surface area (Å²) in [5.74, 6) is -0.453. The highest BCUT2D eigenvalue weighted by Gasteiger charge is 2.26. The van der Waals surface area contributed by atoms with E-state index in [2.05, 4.69) is 15.6 Å². The number of phenolic OH excluding ortho intramolecular Hbond substituents is 2. The van der Waals surface area contributed by atoms with Crippen LogP contribution in [0.3, 0.4) is 0 Å². The highest BCUT2D eigenvalue weighted by atomic mass is 32.2. The third kappa shape index (κ3) is 2.88. The number of phenols is 2. The quantitative estimate of drug-likeness (QED) is 0.162. The van der Waals surface area contributed by atoms with Crippen LogP contribution in [-0.4, -0.2) is 18.6 Å². The van der Waals surface area contributed by atoms with Crippen molar-refractivity contribution in [1.82, 2.24) is 0 Å². The van der Waals surface area contributed by atoms with Crippen LogP contribution in [0.1, 0.15) is 0 Å². The van der Waals surface area contributed by atoms with Crippen LogP contribution in [0.4, 0.5) is 5.69 Å². The molecule has 0 aliphatic heterocycles. The predicted octanol–water partition coefficient (Wildman–Crippen LogP) is 5.00. The zero-order valence-corrected chi connectivity index (χ0v) is 15.5. The SMILES string of the molecule is O=NN=Nc1c(S(=O)(=O)c2ccccc2)ccc2c(O)c3ccccc3c(O)c12. The summed E-state index contributed by atoms with van der Waals surface area (Å²) in [5, 5.41) is 31.3. The molecule has 2 N–H and O–H groups in total. The molecule has 0 saturated heterocycles. The van der Waals surface area contributed by atoms with Crippen LogP contribution in [0.2, 0.25) is 0 Å². The number of hydrogen-bond donors (Lipinski definition) is 2. The van der Waals surface area contributed by atoms with Crippen molar-refractivity contribution in [2.75, 3.05) is 0 Å². The van der Waals surface area contributed by atoms with Crippen molar-refractivity contribution >= 4 is 37.1 Å². The number of nitrogens with zero attached hydrogens (tertiary/aromatic N) is 3. The van der Waals surface area contributed by atoms with Crippen LogP contribution in [0.25, 0.3) is 21.5 Å². The summed E-state index contributed by atoms with van der Waals surface area (Å²) in [4.78, 5) is 10.3. The number of nitroso groups, excluding NO2 is 1. The summed E-state index contributed by atoms with van der Waals surface area (Å²) in [6.45, 7) is 0. The van der Waals surface area contributed by atoms with E-state index in [1.165, 1.54) is 24.3 Å². The topological polar surface area (TPSA) is 129 Å². The monoisotopic (exact) mass is 407 g/mol. The van der Waals surface area contributed by atoms with Crippen molar-refractivity contribution in [3.8, 4) is 11.5 Å². The molecule has 0 heterocycles. The summed E-state index contributed by atoms with van der Waals surface area (Å²) in [7, 11) is -4.06. The average molecular weight is 407 g/mol. The molecule has 0 unspecified atom stereocenters. The molecule has 0 spiro atoms. The normalized spacial score (nSPS) is 12.0. The first-order valence-corrected chi connectivity index (χ1v) is 9.88. The maximum Gasteiger partial charge on any atom is 0.208 e. The molecule has 8 nitrogen and oxygen atoms in total. The molecule has 0 radical (unpaired) electrons. The highest BCUT2D eigenvalue weighted by molar-refractivity contribution is 7.91. The number of aromatic hydroxyl groups is 2. The number of sulfone groups is 1. The van der Waals surface area contributed by atoms with E-state index in [1.54, 1.807) is 42.5 Å². The van der Waals surface area contributed by atoms with E-state index in [4.69, 9.17) is 0 Å². The molecule has 0 aliphatic carbocycles. The largest absolute Gasteiger partial charge is 0.507 e. The van der Waals surface area contributed by atoms with E-state index in [9.17, 15) is 23.5 Å². The fourth-order valence-electron chi connectivity index (χ4n) is 3.29. The van der Waals surface area contributed by atoms with E-state index in [-0.39, 0.29) is 37.7 Å². The molecule has 4 aromatic rings. The molecular formula is C20H13N3O5S.